The van der Waals surface area contributed by atoms with Crippen LogP contribution < -0.4 is 11.1 Å². The summed E-state index contributed by atoms with van der Waals surface area (Å²) in [6.07, 6.45) is 1.46. The van der Waals surface area contributed by atoms with E-state index in [0.717, 1.165) is 12.0 Å². The van der Waals surface area contributed by atoms with Crippen LogP contribution in [0.3, 0.4) is 0 Å². The maximum absolute atomic E-state index is 12.2. The molecule has 3 rings (SSSR count). The maximum Gasteiger partial charge on any atom is 0.241 e. The van der Waals surface area contributed by atoms with Gasteiger partial charge in [0.15, 0.2) is 0 Å². The molecule has 3 N–H and O–H groups in total. The first-order valence-corrected chi connectivity index (χ1v) is 7.46. The number of hydrogen-bond acceptors (Lipinski definition) is 3. The number of amides is 2. The van der Waals surface area contributed by atoms with E-state index in [-0.39, 0.29) is 17.9 Å². The van der Waals surface area contributed by atoms with E-state index >= 15 is 0 Å². The molecule has 112 valence electrons. The van der Waals surface area contributed by atoms with Gasteiger partial charge in [-0.2, -0.15) is 0 Å². The highest BCUT2D eigenvalue weighted by Gasteiger charge is 2.45. The molecule has 2 amide bonds. The fourth-order valence-corrected chi connectivity index (χ4v) is 2.99. The van der Waals surface area contributed by atoms with E-state index in [1.54, 1.807) is 0 Å². The van der Waals surface area contributed by atoms with Crippen molar-refractivity contribution in [1.82, 2.24) is 10.2 Å². The summed E-state index contributed by atoms with van der Waals surface area (Å²) in [5.41, 5.74) is 6.75. The Labute approximate surface area is 124 Å². The highest BCUT2D eigenvalue weighted by atomic mass is 16.2. The highest BCUT2D eigenvalue weighted by Crippen LogP contribution is 2.37. The Hall–Kier alpha value is -1.88. The van der Waals surface area contributed by atoms with Crippen LogP contribution in [-0.4, -0.2) is 35.3 Å². The van der Waals surface area contributed by atoms with Gasteiger partial charge in [-0.3, -0.25) is 9.59 Å². The van der Waals surface area contributed by atoms with E-state index < -0.39 is 6.04 Å². The van der Waals surface area contributed by atoms with Crippen LogP contribution in [0.15, 0.2) is 30.3 Å². The van der Waals surface area contributed by atoms with Crippen LogP contribution in [0.1, 0.15) is 31.4 Å². The number of nitrogens with two attached hydrogens (primary N) is 1. The average Bonchev–Trinajstić information content (AvgIpc) is 3.09. The zero-order chi connectivity index (χ0) is 15.0. The number of hydrogen-bond donors (Lipinski definition) is 2. The lowest BCUT2D eigenvalue weighted by atomic mass is 10.1. The quantitative estimate of drug-likeness (QED) is 0.860. The molecule has 4 atom stereocenters. The Bertz CT molecular complexity index is 546. The van der Waals surface area contributed by atoms with Gasteiger partial charge >= 0.3 is 0 Å². The minimum Gasteiger partial charge on any atom is -0.349 e. The van der Waals surface area contributed by atoms with Crippen molar-refractivity contribution in [2.24, 2.45) is 11.7 Å². The number of rotatable bonds is 4. The summed E-state index contributed by atoms with van der Waals surface area (Å²) in [6, 6.07) is 8.85. The molecule has 2 aliphatic rings. The first kappa shape index (κ1) is 14.1. The highest BCUT2D eigenvalue weighted by molar-refractivity contribution is 5.85. The second-order valence-corrected chi connectivity index (χ2v) is 6.12. The average molecular weight is 287 g/mol. The fourth-order valence-electron chi connectivity index (χ4n) is 2.99. The SMILES string of the molecule is C[C@@H]1C[C@@H]1N1C[C@H](NC(=O)[C@@H](N)c2ccccc2)CC1=O. The van der Waals surface area contributed by atoms with Crippen LogP contribution in [0.2, 0.25) is 0 Å². The molecule has 1 aromatic carbocycles. The number of likely N-dealkylation sites (tertiary alicyclic amines) is 1. The minimum atomic E-state index is -0.685. The largest absolute Gasteiger partial charge is 0.349 e. The smallest absolute Gasteiger partial charge is 0.241 e. The molecule has 0 aromatic heterocycles. The molecular weight excluding hydrogens is 266 g/mol. The van der Waals surface area contributed by atoms with Crippen molar-refractivity contribution in [3.8, 4) is 0 Å². The third-order valence-electron chi connectivity index (χ3n) is 4.41. The Morgan fingerprint density at radius 2 is 2.05 bits per heavy atom. The molecule has 5 nitrogen and oxygen atoms in total. The van der Waals surface area contributed by atoms with Crippen LogP contribution in [0.25, 0.3) is 0 Å². The number of carbonyl (C=O) groups excluding carboxylic acids is 2. The van der Waals surface area contributed by atoms with Gasteiger partial charge in [0.1, 0.15) is 6.04 Å². The molecule has 21 heavy (non-hydrogen) atoms. The van der Waals surface area contributed by atoms with Gasteiger partial charge in [-0.15, -0.1) is 0 Å². The Morgan fingerprint density at radius 3 is 2.67 bits per heavy atom. The van der Waals surface area contributed by atoms with Crippen molar-refractivity contribution in [2.45, 2.75) is 37.9 Å². The van der Waals surface area contributed by atoms with E-state index in [4.69, 9.17) is 5.73 Å². The molecule has 0 radical (unpaired) electrons. The van der Waals surface area contributed by atoms with Gasteiger partial charge in [0, 0.05) is 19.0 Å². The molecule has 0 bridgehead atoms. The van der Waals surface area contributed by atoms with Crippen molar-refractivity contribution in [2.75, 3.05) is 6.54 Å². The summed E-state index contributed by atoms with van der Waals surface area (Å²) in [5, 5.41) is 2.91. The number of benzene rings is 1. The molecule has 5 heteroatoms. The zero-order valence-electron chi connectivity index (χ0n) is 12.2. The van der Waals surface area contributed by atoms with Crippen LogP contribution in [-0.2, 0) is 9.59 Å². The van der Waals surface area contributed by atoms with Crippen molar-refractivity contribution in [3.63, 3.8) is 0 Å². The van der Waals surface area contributed by atoms with Crippen LogP contribution >= 0.6 is 0 Å². The first-order valence-electron chi connectivity index (χ1n) is 7.46. The Morgan fingerprint density at radius 1 is 1.38 bits per heavy atom. The molecule has 1 aromatic rings. The monoisotopic (exact) mass is 287 g/mol. The van der Waals surface area contributed by atoms with Gasteiger partial charge in [0.25, 0.3) is 0 Å². The van der Waals surface area contributed by atoms with Crippen molar-refractivity contribution in [3.05, 3.63) is 35.9 Å². The topological polar surface area (TPSA) is 75.4 Å². The number of nitrogens with zero attached hydrogens (tertiary/aromatic N) is 1. The van der Waals surface area contributed by atoms with Gasteiger partial charge in [-0.1, -0.05) is 37.3 Å². The minimum absolute atomic E-state index is 0.118. The number of nitrogens with one attached hydrogen (secondary N) is 1. The van der Waals surface area contributed by atoms with Crippen molar-refractivity contribution in [1.29, 1.82) is 0 Å². The molecule has 1 saturated carbocycles. The van der Waals surface area contributed by atoms with E-state index in [1.165, 1.54) is 0 Å². The van der Waals surface area contributed by atoms with E-state index in [2.05, 4.69) is 12.2 Å². The molecule has 0 unspecified atom stereocenters. The lowest BCUT2D eigenvalue weighted by Gasteiger charge is -2.18. The van der Waals surface area contributed by atoms with Gasteiger partial charge < -0.3 is 16.0 Å². The molecule has 1 aliphatic heterocycles. The maximum atomic E-state index is 12.2. The van der Waals surface area contributed by atoms with Gasteiger partial charge in [0.2, 0.25) is 11.8 Å². The standard InChI is InChI=1S/C16H21N3O2/c1-10-7-13(10)19-9-12(8-14(19)20)18-16(21)15(17)11-5-3-2-4-6-11/h2-6,10,12-13,15H,7-9,17H2,1H3,(H,18,21)/t10-,12-,13+,15+/m1/s1. The second kappa shape index (κ2) is 5.48. The lowest BCUT2D eigenvalue weighted by molar-refractivity contribution is -0.128. The third kappa shape index (κ3) is 2.93. The zero-order valence-corrected chi connectivity index (χ0v) is 12.2. The fraction of sp³-hybridized carbons (Fsp3) is 0.500. The van der Waals surface area contributed by atoms with Crippen molar-refractivity contribution < 1.29 is 9.59 Å². The molecule has 1 saturated heterocycles. The summed E-state index contributed by atoms with van der Waals surface area (Å²) >= 11 is 0. The predicted molar refractivity (Wildman–Crippen MR) is 79.2 cm³/mol. The molecule has 2 fully saturated rings. The van der Waals surface area contributed by atoms with Crippen LogP contribution in [0, 0.1) is 5.92 Å². The first-order chi connectivity index (χ1) is 10.1. The van der Waals surface area contributed by atoms with E-state index in [0.29, 0.717) is 24.9 Å². The van der Waals surface area contributed by atoms with Gasteiger partial charge in [0.05, 0.1) is 6.04 Å². The van der Waals surface area contributed by atoms with Gasteiger partial charge in [-0.05, 0) is 17.9 Å². The van der Waals surface area contributed by atoms with Gasteiger partial charge in [-0.25, -0.2) is 0 Å². The third-order valence-corrected chi connectivity index (χ3v) is 4.41. The summed E-state index contributed by atoms with van der Waals surface area (Å²) in [5.74, 6) is 0.516. The summed E-state index contributed by atoms with van der Waals surface area (Å²) in [6.45, 7) is 2.76. The molecule has 0 spiro atoms. The lowest BCUT2D eigenvalue weighted by Crippen LogP contribution is -2.42. The Balaban J connectivity index is 1.57. The molecular formula is C16H21N3O2. The summed E-state index contributed by atoms with van der Waals surface area (Å²) in [7, 11) is 0. The van der Waals surface area contributed by atoms with Crippen LogP contribution in [0.5, 0.6) is 0 Å². The summed E-state index contributed by atoms with van der Waals surface area (Å²) < 4.78 is 0. The summed E-state index contributed by atoms with van der Waals surface area (Å²) in [4.78, 5) is 26.1. The number of carbonyl (C=O) groups is 2. The second-order valence-electron chi connectivity index (χ2n) is 6.12. The van der Waals surface area contributed by atoms with Crippen LogP contribution in [0.4, 0.5) is 0 Å². The van der Waals surface area contributed by atoms with E-state index in [9.17, 15) is 9.59 Å². The normalized spacial score (nSPS) is 29.3. The van der Waals surface area contributed by atoms with E-state index in [1.807, 2.05) is 35.2 Å². The molecule has 1 heterocycles. The molecule has 1 aliphatic carbocycles. The predicted octanol–water partition coefficient (Wildman–Crippen LogP) is 0.812. The van der Waals surface area contributed by atoms with Crippen molar-refractivity contribution >= 4 is 11.8 Å². The Kier molecular flexibility index (Phi) is 3.68.